The maximum Gasteiger partial charge on any atom is 0.307 e. The number of nitrogens with zero attached hydrogens (tertiary/aromatic N) is 2. The van der Waals surface area contributed by atoms with E-state index >= 15 is 0 Å². The topological polar surface area (TPSA) is 59.5 Å². The number of amides is 1. The molecule has 9 heteroatoms. The minimum atomic E-state index is -0.590. The summed E-state index contributed by atoms with van der Waals surface area (Å²) in [5, 5.41) is 0.589. The van der Waals surface area contributed by atoms with Gasteiger partial charge >= 0.3 is 5.97 Å². The lowest BCUT2D eigenvalue weighted by atomic mass is 10.2. The first-order valence-electron chi connectivity index (χ1n) is 8.34. The molecule has 0 N–H and O–H groups in total. The Balaban J connectivity index is 1.70. The van der Waals surface area contributed by atoms with Crippen molar-refractivity contribution >= 4 is 62.5 Å². The van der Waals surface area contributed by atoms with E-state index in [0.29, 0.717) is 21.2 Å². The van der Waals surface area contributed by atoms with Crippen molar-refractivity contribution in [2.75, 3.05) is 12.0 Å². The lowest BCUT2D eigenvalue weighted by Gasteiger charge is -2.33. The molecule has 0 aliphatic carbocycles. The normalized spacial score (nSPS) is 16.3. The summed E-state index contributed by atoms with van der Waals surface area (Å²) >= 11 is 8.86. The molecule has 0 spiro atoms. The molecular weight excluding hydrogens is 423 g/mol. The van der Waals surface area contributed by atoms with Gasteiger partial charge < -0.3 is 9.64 Å². The highest BCUT2D eigenvalue weighted by molar-refractivity contribution is 8.01. The third-order valence-electron chi connectivity index (χ3n) is 4.29. The largest absolute Gasteiger partial charge is 0.469 e. The predicted octanol–water partition coefficient (Wildman–Crippen LogP) is 4.66. The number of thiazole rings is 1. The van der Waals surface area contributed by atoms with E-state index in [-0.39, 0.29) is 24.7 Å². The Morgan fingerprint density at radius 3 is 2.93 bits per heavy atom. The van der Waals surface area contributed by atoms with Gasteiger partial charge in [-0.3, -0.25) is 9.59 Å². The average molecular weight is 437 g/mol. The van der Waals surface area contributed by atoms with Crippen LogP contribution in [-0.4, -0.2) is 29.2 Å². The van der Waals surface area contributed by atoms with Crippen molar-refractivity contribution in [1.82, 2.24) is 4.98 Å². The summed E-state index contributed by atoms with van der Waals surface area (Å²) in [6.45, 7) is 0.214. The molecule has 28 heavy (non-hydrogen) atoms. The van der Waals surface area contributed by atoms with Gasteiger partial charge in [-0.25, -0.2) is 9.37 Å². The van der Waals surface area contributed by atoms with E-state index < -0.39 is 11.2 Å². The fraction of sp³-hybridized carbons (Fsp3) is 0.211. The number of hydrogen-bond acceptors (Lipinski definition) is 6. The van der Waals surface area contributed by atoms with Crippen LogP contribution in [0.5, 0.6) is 0 Å². The average Bonchev–Trinajstić information content (AvgIpc) is 3.07. The summed E-state index contributed by atoms with van der Waals surface area (Å²) in [4.78, 5) is 31.7. The fourth-order valence-electron chi connectivity index (χ4n) is 2.98. The van der Waals surface area contributed by atoms with E-state index in [1.54, 1.807) is 23.1 Å². The van der Waals surface area contributed by atoms with Crippen LogP contribution < -0.4 is 4.90 Å². The van der Waals surface area contributed by atoms with Gasteiger partial charge in [0.25, 0.3) is 0 Å². The Bertz CT molecular complexity index is 1090. The highest BCUT2D eigenvalue weighted by Crippen LogP contribution is 2.42. The Morgan fingerprint density at radius 2 is 2.14 bits per heavy atom. The standard InChI is InChI=1S/C19H14ClFN2O3S2/c1-26-18(24)8-16-19(25)23(13-6-10(20)2-4-15(13)27-16)9-17-22-12-7-11(21)3-5-14(12)28-17/h2-7,16H,8-9H2,1H3. The number of thioether (sulfide) groups is 1. The van der Waals surface area contributed by atoms with Crippen LogP contribution in [0.15, 0.2) is 41.3 Å². The number of aromatic nitrogens is 1. The Kier molecular flexibility index (Phi) is 5.27. The molecule has 0 fully saturated rings. The lowest BCUT2D eigenvalue weighted by Crippen LogP contribution is -2.41. The van der Waals surface area contributed by atoms with Gasteiger partial charge in [0.15, 0.2) is 0 Å². The van der Waals surface area contributed by atoms with E-state index in [1.807, 2.05) is 6.07 Å². The van der Waals surface area contributed by atoms with Crippen LogP contribution in [-0.2, 0) is 20.9 Å². The minimum absolute atomic E-state index is 0.0242. The van der Waals surface area contributed by atoms with Gasteiger partial charge in [-0.2, -0.15) is 0 Å². The monoisotopic (exact) mass is 436 g/mol. The second-order valence-electron chi connectivity index (χ2n) is 6.14. The number of carbonyl (C=O) groups is 2. The summed E-state index contributed by atoms with van der Waals surface area (Å²) in [7, 11) is 1.30. The first-order chi connectivity index (χ1) is 13.4. The van der Waals surface area contributed by atoms with Gasteiger partial charge in [0, 0.05) is 16.0 Å². The second-order valence-corrected chi connectivity index (χ2v) is 8.94. The number of methoxy groups -OCH3 is 1. The van der Waals surface area contributed by atoms with Crippen molar-refractivity contribution in [3.63, 3.8) is 0 Å². The van der Waals surface area contributed by atoms with E-state index in [9.17, 15) is 14.0 Å². The van der Waals surface area contributed by atoms with Crippen molar-refractivity contribution in [1.29, 1.82) is 0 Å². The van der Waals surface area contributed by atoms with Crippen LogP contribution in [0.25, 0.3) is 10.2 Å². The van der Waals surface area contributed by atoms with E-state index in [1.165, 1.54) is 42.3 Å². The zero-order chi connectivity index (χ0) is 19.8. The molecule has 1 amide bonds. The molecule has 4 rings (SSSR count). The minimum Gasteiger partial charge on any atom is -0.469 e. The number of esters is 1. The quantitative estimate of drug-likeness (QED) is 0.557. The maximum atomic E-state index is 13.5. The van der Waals surface area contributed by atoms with Gasteiger partial charge in [0.05, 0.1) is 41.2 Å². The molecule has 2 heterocycles. The van der Waals surface area contributed by atoms with Crippen LogP contribution in [0.2, 0.25) is 5.02 Å². The number of fused-ring (bicyclic) bond motifs is 2. The third-order valence-corrected chi connectivity index (χ3v) is 6.80. The molecule has 1 aliphatic heterocycles. The van der Waals surface area contributed by atoms with Gasteiger partial charge in [-0.05, 0) is 30.3 Å². The van der Waals surface area contributed by atoms with E-state index in [0.717, 1.165) is 9.60 Å². The zero-order valence-electron chi connectivity index (χ0n) is 14.6. The van der Waals surface area contributed by atoms with Gasteiger partial charge in [0.1, 0.15) is 10.8 Å². The van der Waals surface area contributed by atoms with Crippen LogP contribution in [0.4, 0.5) is 10.1 Å². The number of benzene rings is 2. The predicted molar refractivity (Wildman–Crippen MR) is 108 cm³/mol. The van der Waals surface area contributed by atoms with Gasteiger partial charge in [0.2, 0.25) is 5.91 Å². The SMILES string of the molecule is COC(=O)CC1Sc2ccc(Cl)cc2N(Cc2nc3cc(F)ccc3s2)C1=O. The molecule has 5 nitrogen and oxygen atoms in total. The molecule has 0 bridgehead atoms. The van der Waals surface area contributed by atoms with Crippen molar-refractivity contribution in [2.24, 2.45) is 0 Å². The molecule has 3 aromatic rings. The summed E-state index contributed by atoms with van der Waals surface area (Å²) in [6, 6.07) is 9.73. The molecule has 1 aliphatic rings. The Morgan fingerprint density at radius 1 is 1.32 bits per heavy atom. The number of halogens is 2. The zero-order valence-corrected chi connectivity index (χ0v) is 17.0. The molecule has 0 saturated heterocycles. The number of rotatable bonds is 4. The van der Waals surface area contributed by atoms with Crippen LogP contribution in [0.1, 0.15) is 11.4 Å². The number of ether oxygens (including phenoxy) is 1. The highest BCUT2D eigenvalue weighted by atomic mass is 35.5. The highest BCUT2D eigenvalue weighted by Gasteiger charge is 2.35. The van der Waals surface area contributed by atoms with Gasteiger partial charge in [-0.15, -0.1) is 23.1 Å². The summed E-state index contributed by atoms with van der Waals surface area (Å²) in [5.41, 5.74) is 1.23. The second kappa shape index (κ2) is 7.69. The summed E-state index contributed by atoms with van der Waals surface area (Å²) in [6.07, 6.45) is -0.0242. The summed E-state index contributed by atoms with van der Waals surface area (Å²) in [5.74, 6) is -1.01. The first-order valence-corrected chi connectivity index (χ1v) is 10.4. The Labute approximate surface area is 173 Å². The van der Waals surface area contributed by atoms with Crippen LogP contribution in [0, 0.1) is 5.82 Å². The molecule has 144 valence electrons. The molecule has 0 radical (unpaired) electrons. The van der Waals surface area contributed by atoms with Crippen molar-refractivity contribution < 1.29 is 18.7 Å². The van der Waals surface area contributed by atoms with Crippen molar-refractivity contribution in [3.05, 3.63) is 52.2 Å². The summed E-state index contributed by atoms with van der Waals surface area (Å²) < 4.78 is 19.0. The number of carbonyl (C=O) groups excluding carboxylic acids is 2. The van der Waals surface area contributed by atoms with Crippen LogP contribution >= 0.6 is 34.7 Å². The van der Waals surface area contributed by atoms with Crippen molar-refractivity contribution in [2.45, 2.75) is 23.1 Å². The van der Waals surface area contributed by atoms with E-state index in [4.69, 9.17) is 16.3 Å². The lowest BCUT2D eigenvalue weighted by molar-refractivity contribution is -0.141. The molecule has 1 unspecified atom stereocenters. The first kappa shape index (κ1) is 19.2. The molecule has 1 aromatic heterocycles. The Hall–Kier alpha value is -2.16. The van der Waals surface area contributed by atoms with E-state index in [2.05, 4.69) is 4.98 Å². The number of anilines is 1. The maximum absolute atomic E-state index is 13.5. The molecular formula is C19H14ClFN2O3S2. The van der Waals surface area contributed by atoms with Crippen molar-refractivity contribution in [3.8, 4) is 0 Å². The van der Waals surface area contributed by atoms with Gasteiger partial charge in [-0.1, -0.05) is 11.6 Å². The molecule has 0 saturated carbocycles. The molecule has 1 atom stereocenters. The molecule has 2 aromatic carbocycles. The fourth-order valence-corrected chi connectivity index (χ4v) is 5.27. The smallest absolute Gasteiger partial charge is 0.307 e. The third kappa shape index (κ3) is 3.72. The number of hydrogen-bond donors (Lipinski definition) is 0. The van der Waals surface area contributed by atoms with Crippen LogP contribution in [0.3, 0.4) is 0 Å².